The Hall–Kier alpha value is -1.16. The lowest BCUT2D eigenvalue weighted by Crippen LogP contribution is -2.44. The minimum atomic E-state index is -4.06. The van der Waals surface area contributed by atoms with E-state index in [2.05, 4.69) is 0 Å². The van der Waals surface area contributed by atoms with Gasteiger partial charge in [-0.05, 0) is 37.6 Å². The summed E-state index contributed by atoms with van der Waals surface area (Å²) in [5.41, 5.74) is 0. The van der Waals surface area contributed by atoms with Gasteiger partial charge in [0.15, 0.2) is 9.84 Å². The molecule has 1 atom stereocenters. The molecule has 1 aromatic rings. The highest BCUT2D eigenvalue weighted by Crippen LogP contribution is 2.25. The van der Waals surface area contributed by atoms with E-state index in [1.165, 1.54) is 24.3 Å². The van der Waals surface area contributed by atoms with Crippen LogP contribution < -0.4 is 0 Å². The number of halogens is 1. The highest BCUT2D eigenvalue weighted by molar-refractivity contribution is 7.92. The van der Waals surface area contributed by atoms with Crippen molar-refractivity contribution in [3.8, 4) is 0 Å². The van der Waals surface area contributed by atoms with Gasteiger partial charge in [-0.2, -0.15) is 4.31 Å². The smallest absolute Gasteiger partial charge is 0.321 e. The van der Waals surface area contributed by atoms with E-state index in [0.29, 0.717) is 5.02 Å². The van der Waals surface area contributed by atoms with Crippen LogP contribution >= 0.6 is 11.6 Å². The van der Waals surface area contributed by atoms with Gasteiger partial charge in [-0.25, -0.2) is 16.8 Å². The minimum absolute atomic E-state index is 0.0551. The molecule has 24 heavy (non-hydrogen) atoms. The maximum absolute atomic E-state index is 12.9. The van der Waals surface area contributed by atoms with Gasteiger partial charge >= 0.3 is 5.97 Å². The maximum atomic E-state index is 12.9. The molecule has 0 N–H and O–H groups in total. The Labute approximate surface area is 146 Å². The predicted octanol–water partition coefficient (Wildman–Crippen LogP) is 1.08. The molecule has 7 nitrogen and oxygen atoms in total. The van der Waals surface area contributed by atoms with Crippen molar-refractivity contribution in [1.82, 2.24) is 4.31 Å². The average molecular weight is 396 g/mol. The quantitative estimate of drug-likeness (QED) is 0.668. The molecule has 1 fully saturated rings. The molecule has 1 aromatic carbocycles. The van der Waals surface area contributed by atoms with E-state index in [1.54, 1.807) is 6.92 Å². The fourth-order valence-corrected chi connectivity index (χ4v) is 6.04. The summed E-state index contributed by atoms with van der Waals surface area (Å²) in [5.74, 6) is -1.13. The second kappa shape index (κ2) is 7.38. The van der Waals surface area contributed by atoms with Crippen molar-refractivity contribution in [3.05, 3.63) is 29.3 Å². The van der Waals surface area contributed by atoms with Gasteiger partial charge < -0.3 is 4.74 Å². The molecule has 134 valence electrons. The van der Waals surface area contributed by atoms with E-state index in [1.807, 2.05) is 0 Å². The Morgan fingerprint density at radius 3 is 2.46 bits per heavy atom. The molecular formula is C14H18ClNO6S2. The van der Waals surface area contributed by atoms with E-state index in [0.717, 1.165) is 4.31 Å². The van der Waals surface area contributed by atoms with Crippen molar-refractivity contribution >= 4 is 37.4 Å². The summed E-state index contributed by atoms with van der Waals surface area (Å²) in [4.78, 5) is 11.7. The lowest BCUT2D eigenvalue weighted by Gasteiger charge is -2.26. The van der Waals surface area contributed by atoms with Crippen molar-refractivity contribution in [3.63, 3.8) is 0 Å². The maximum Gasteiger partial charge on any atom is 0.321 e. The molecule has 0 amide bonds. The molecule has 0 radical (unpaired) electrons. The molecule has 10 heteroatoms. The fraction of sp³-hybridized carbons (Fsp3) is 0.500. The molecule has 0 saturated carbocycles. The van der Waals surface area contributed by atoms with E-state index in [9.17, 15) is 21.6 Å². The molecule has 2 rings (SSSR count). The van der Waals surface area contributed by atoms with E-state index in [-0.39, 0.29) is 29.4 Å². The van der Waals surface area contributed by atoms with E-state index in [4.69, 9.17) is 16.3 Å². The number of nitrogens with zero attached hydrogens (tertiary/aromatic N) is 1. The van der Waals surface area contributed by atoms with Crippen LogP contribution in [-0.4, -0.2) is 57.8 Å². The summed E-state index contributed by atoms with van der Waals surface area (Å²) in [6.45, 7) is 1.19. The third-order valence-corrected chi connectivity index (χ3v) is 7.54. The molecule has 0 spiro atoms. The van der Waals surface area contributed by atoms with Crippen molar-refractivity contribution in [1.29, 1.82) is 0 Å². The summed E-state index contributed by atoms with van der Waals surface area (Å²) in [6.07, 6.45) is 0.147. The number of hydrogen-bond donors (Lipinski definition) is 0. The van der Waals surface area contributed by atoms with Crippen LogP contribution in [0.1, 0.15) is 13.3 Å². The third-order valence-electron chi connectivity index (χ3n) is 3.63. The lowest BCUT2D eigenvalue weighted by molar-refractivity contribution is -0.143. The van der Waals surface area contributed by atoms with Crippen LogP contribution in [0.3, 0.4) is 0 Å². The zero-order chi connectivity index (χ0) is 18.0. The normalized spacial score (nSPS) is 20.2. The standard InChI is InChI=1S/C14H18ClNO6S2/c1-2-22-14(17)9-16(12-7-8-23(18,19)10-12)24(20,21)13-5-3-11(15)4-6-13/h3-6,12H,2,7-10H2,1H3. The van der Waals surface area contributed by atoms with Gasteiger partial charge in [0.1, 0.15) is 6.54 Å². The number of sulfonamides is 1. The van der Waals surface area contributed by atoms with Gasteiger partial charge in [-0.15, -0.1) is 0 Å². The zero-order valence-corrected chi connectivity index (χ0v) is 15.4. The molecular weight excluding hydrogens is 378 g/mol. The monoisotopic (exact) mass is 395 g/mol. The van der Waals surface area contributed by atoms with E-state index >= 15 is 0 Å². The number of carbonyl (C=O) groups is 1. The second-order valence-corrected chi connectivity index (χ2v) is 9.92. The van der Waals surface area contributed by atoms with Crippen LogP contribution in [0.2, 0.25) is 5.02 Å². The van der Waals surface area contributed by atoms with Gasteiger partial charge in [-0.3, -0.25) is 4.79 Å². The third kappa shape index (κ3) is 4.47. The second-order valence-electron chi connectivity index (χ2n) is 5.37. The van der Waals surface area contributed by atoms with Crippen LogP contribution in [0.4, 0.5) is 0 Å². The SMILES string of the molecule is CCOC(=O)CN(C1CCS(=O)(=O)C1)S(=O)(=O)c1ccc(Cl)cc1. The first-order chi connectivity index (χ1) is 11.2. The molecule has 1 aliphatic heterocycles. The van der Waals surface area contributed by atoms with Crippen LogP contribution in [-0.2, 0) is 29.4 Å². The largest absolute Gasteiger partial charge is 0.465 e. The van der Waals surface area contributed by atoms with Crippen LogP contribution in [0.25, 0.3) is 0 Å². The van der Waals surface area contributed by atoms with Gasteiger partial charge in [0.05, 0.1) is 23.0 Å². The lowest BCUT2D eigenvalue weighted by atomic mass is 10.2. The Morgan fingerprint density at radius 2 is 1.96 bits per heavy atom. The van der Waals surface area contributed by atoms with Crippen molar-refractivity contribution < 1.29 is 26.4 Å². The van der Waals surface area contributed by atoms with Crippen LogP contribution in [0.15, 0.2) is 29.2 Å². The summed E-state index contributed by atoms with van der Waals surface area (Å²) >= 11 is 5.77. The van der Waals surface area contributed by atoms with Gasteiger partial charge in [0.25, 0.3) is 0 Å². The molecule has 1 aliphatic rings. The highest BCUT2D eigenvalue weighted by Gasteiger charge is 2.40. The predicted molar refractivity (Wildman–Crippen MR) is 89.0 cm³/mol. The number of hydrogen-bond acceptors (Lipinski definition) is 6. The number of rotatable bonds is 6. The molecule has 1 heterocycles. The first kappa shape index (κ1) is 19.2. The Kier molecular flexibility index (Phi) is 5.90. The molecule has 0 bridgehead atoms. The zero-order valence-electron chi connectivity index (χ0n) is 13.0. The van der Waals surface area contributed by atoms with Gasteiger partial charge in [0, 0.05) is 11.1 Å². The van der Waals surface area contributed by atoms with Gasteiger partial charge in [0.2, 0.25) is 10.0 Å². The molecule has 1 unspecified atom stereocenters. The molecule has 1 saturated heterocycles. The first-order valence-corrected chi connectivity index (χ1v) is 10.9. The minimum Gasteiger partial charge on any atom is -0.465 e. The highest BCUT2D eigenvalue weighted by atomic mass is 35.5. The summed E-state index contributed by atoms with van der Waals surface area (Å²) in [7, 11) is -7.37. The number of sulfone groups is 1. The topological polar surface area (TPSA) is 97.8 Å². The summed E-state index contributed by atoms with van der Waals surface area (Å²) < 4.78 is 54.9. The molecule has 0 aliphatic carbocycles. The van der Waals surface area contributed by atoms with Crippen molar-refractivity contribution in [2.24, 2.45) is 0 Å². The van der Waals surface area contributed by atoms with Crippen molar-refractivity contribution in [2.75, 3.05) is 24.7 Å². The Balaban J connectivity index is 2.37. The fourth-order valence-electron chi connectivity index (χ4n) is 2.49. The first-order valence-electron chi connectivity index (χ1n) is 7.29. The number of carbonyl (C=O) groups excluding carboxylic acids is 1. The average Bonchev–Trinajstić information content (AvgIpc) is 2.85. The number of ether oxygens (including phenoxy) is 1. The van der Waals surface area contributed by atoms with E-state index < -0.39 is 38.4 Å². The summed E-state index contributed by atoms with van der Waals surface area (Å²) in [6, 6.07) is 4.68. The number of esters is 1. The summed E-state index contributed by atoms with van der Waals surface area (Å²) in [5, 5.41) is 0.370. The Bertz CT molecular complexity index is 804. The number of benzene rings is 1. The molecule has 0 aromatic heterocycles. The van der Waals surface area contributed by atoms with Crippen molar-refractivity contribution in [2.45, 2.75) is 24.3 Å². The van der Waals surface area contributed by atoms with Crippen LogP contribution in [0.5, 0.6) is 0 Å². The Morgan fingerprint density at radius 1 is 1.33 bits per heavy atom. The van der Waals surface area contributed by atoms with Crippen LogP contribution in [0, 0.1) is 0 Å². The van der Waals surface area contributed by atoms with Gasteiger partial charge in [-0.1, -0.05) is 11.6 Å².